The fourth-order valence-electron chi connectivity index (χ4n) is 5.71. The first-order chi connectivity index (χ1) is 13.8. The van der Waals surface area contributed by atoms with E-state index in [0.717, 1.165) is 17.7 Å². The second kappa shape index (κ2) is 11.9. The average Bonchev–Trinajstić information content (AvgIpc) is 2.75. The molecule has 2 aliphatic rings. The van der Waals surface area contributed by atoms with Gasteiger partial charge in [-0.3, -0.25) is 0 Å². The standard InChI is InChI=1S/C26H44N2/c1-3-5-6-7-8-10-22-11-15-23(16-12-22)25-19-27-26(28-20-25)24-17-13-21(9-4-2)14-18-24/h19-24H,3-18H2,1-2H3/t21-,22-,23-,24-. The summed E-state index contributed by atoms with van der Waals surface area (Å²) in [7, 11) is 0. The minimum Gasteiger partial charge on any atom is -0.241 e. The van der Waals surface area contributed by atoms with Gasteiger partial charge in [-0.25, -0.2) is 9.97 Å². The Morgan fingerprint density at radius 1 is 0.643 bits per heavy atom. The van der Waals surface area contributed by atoms with E-state index in [1.807, 2.05) is 0 Å². The van der Waals surface area contributed by atoms with Crippen LogP contribution in [0.1, 0.15) is 140 Å². The van der Waals surface area contributed by atoms with Gasteiger partial charge in [-0.05, 0) is 74.7 Å². The average molecular weight is 385 g/mol. The first kappa shape index (κ1) is 21.8. The van der Waals surface area contributed by atoms with Crippen molar-refractivity contribution in [1.82, 2.24) is 9.97 Å². The van der Waals surface area contributed by atoms with Gasteiger partial charge >= 0.3 is 0 Å². The number of hydrogen-bond acceptors (Lipinski definition) is 2. The van der Waals surface area contributed by atoms with Gasteiger partial charge in [0.05, 0.1) is 0 Å². The van der Waals surface area contributed by atoms with Gasteiger partial charge in [0.1, 0.15) is 5.82 Å². The lowest BCUT2D eigenvalue weighted by molar-refractivity contribution is 0.298. The highest BCUT2D eigenvalue weighted by Gasteiger charge is 2.25. The Labute approximate surface area is 174 Å². The topological polar surface area (TPSA) is 25.8 Å². The second-order valence-electron chi connectivity index (χ2n) is 9.80. The van der Waals surface area contributed by atoms with E-state index in [0.29, 0.717) is 11.8 Å². The van der Waals surface area contributed by atoms with Crippen molar-refractivity contribution >= 4 is 0 Å². The summed E-state index contributed by atoms with van der Waals surface area (Å²) in [4.78, 5) is 9.67. The summed E-state index contributed by atoms with van der Waals surface area (Å²) in [6.45, 7) is 4.62. The zero-order chi connectivity index (χ0) is 19.6. The molecular weight excluding hydrogens is 340 g/mol. The molecule has 0 saturated heterocycles. The number of unbranched alkanes of at least 4 members (excludes halogenated alkanes) is 4. The molecule has 1 aromatic heterocycles. The zero-order valence-corrected chi connectivity index (χ0v) is 18.7. The molecule has 1 aromatic rings. The Hall–Kier alpha value is -0.920. The van der Waals surface area contributed by atoms with Crippen LogP contribution in [0.15, 0.2) is 12.4 Å². The predicted octanol–water partition coefficient (Wildman–Crippen LogP) is 8.18. The molecular formula is C26H44N2. The molecule has 2 nitrogen and oxygen atoms in total. The van der Waals surface area contributed by atoms with Crippen molar-refractivity contribution in [3.05, 3.63) is 23.8 Å². The van der Waals surface area contributed by atoms with Crippen LogP contribution in [-0.4, -0.2) is 9.97 Å². The van der Waals surface area contributed by atoms with Crippen molar-refractivity contribution in [3.8, 4) is 0 Å². The van der Waals surface area contributed by atoms with Crippen LogP contribution in [-0.2, 0) is 0 Å². The van der Waals surface area contributed by atoms with Crippen LogP contribution in [0.2, 0.25) is 0 Å². The summed E-state index contributed by atoms with van der Waals surface area (Å²) in [6.07, 6.45) is 26.6. The van der Waals surface area contributed by atoms with Crippen LogP contribution in [0.5, 0.6) is 0 Å². The molecule has 2 heteroatoms. The Balaban J connectivity index is 1.39. The normalized spacial score (nSPS) is 28.4. The SMILES string of the molecule is CCCCCCC[C@H]1CC[C@H](c2cnc([C@H]3CC[C@H](CCC)CC3)nc2)CC1. The minimum atomic E-state index is 0.616. The lowest BCUT2D eigenvalue weighted by atomic mass is 9.77. The summed E-state index contributed by atoms with van der Waals surface area (Å²) < 4.78 is 0. The van der Waals surface area contributed by atoms with Crippen molar-refractivity contribution in [2.45, 2.75) is 128 Å². The van der Waals surface area contributed by atoms with Crippen LogP contribution >= 0.6 is 0 Å². The van der Waals surface area contributed by atoms with Gasteiger partial charge in [-0.15, -0.1) is 0 Å². The summed E-state index contributed by atoms with van der Waals surface area (Å²) in [5.41, 5.74) is 1.41. The summed E-state index contributed by atoms with van der Waals surface area (Å²) in [5.74, 6) is 4.40. The van der Waals surface area contributed by atoms with Gasteiger partial charge in [0.2, 0.25) is 0 Å². The summed E-state index contributed by atoms with van der Waals surface area (Å²) in [6, 6.07) is 0. The van der Waals surface area contributed by atoms with Crippen molar-refractivity contribution in [2.75, 3.05) is 0 Å². The molecule has 0 radical (unpaired) electrons. The molecule has 0 N–H and O–H groups in total. The van der Waals surface area contributed by atoms with E-state index in [1.54, 1.807) is 0 Å². The molecule has 28 heavy (non-hydrogen) atoms. The van der Waals surface area contributed by atoms with Crippen molar-refractivity contribution in [3.63, 3.8) is 0 Å². The third-order valence-corrected chi connectivity index (χ3v) is 7.63. The van der Waals surface area contributed by atoms with Crippen LogP contribution in [0.25, 0.3) is 0 Å². The van der Waals surface area contributed by atoms with Gasteiger partial charge < -0.3 is 0 Å². The van der Waals surface area contributed by atoms with E-state index in [1.165, 1.54) is 108 Å². The van der Waals surface area contributed by atoms with Crippen LogP contribution in [0.3, 0.4) is 0 Å². The van der Waals surface area contributed by atoms with Crippen LogP contribution in [0.4, 0.5) is 0 Å². The molecule has 158 valence electrons. The number of nitrogens with zero attached hydrogens (tertiary/aromatic N) is 2. The minimum absolute atomic E-state index is 0.616. The van der Waals surface area contributed by atoms with Gasteiger partial charge in [0.15, 0.2) is 0 Å². The van der Waals surface area contributed by atoms with E-state index in [-0.39, 0.29) is 0 Å². The van der Waals surface area contributed by atoms with Gasteiger partial charge in [-0.1, -0.05) is 65.2 Å². The highest BCUT2D eigenvalue weighted by atomic mass is 14.9. The van der Waals surface area contributed by atoms with Crippen molar-refractivity contribution in [2.24, 2.45) is 11.8 Å². The third-order valence-electron chi connectivity index (χ3n) is 7.63. The summed E-state index contributed by atoms with van der Waals surface area (Å²) in [5, 5.41) is 0. The van der Waals surface area contributed by atoms with E-state index in [2.05, 4.69) is 26.2 Å². The molecule has 2 aliphatic carbocycles. The maximum Gasteiger partial charge on any atom is 0.131 e. The van der Waals surface area contributed by atoms with Gasteiger partial charge in [0.25, 0.3) is 0 Å². The molecule has 0 aliphatic heterocycles. The number of rotatable bonds is 10. The van der Waals surface area contributed by atoms with Crippen LogP contribution in [0, 0.1) is 11.8 Å². The first-order valence-corrected chi connectivity index (χ1v) is 12.6. The van der Waals surface area contributed by atoms with E-state index < -0.39 is 0 Å². The van der Waals surface area contributed by atoms with E-state index in [4.69, 9.17) is 9.97 Å². The molecule has 0 bridgehead atoms. The second-order valence-corrected chi connectivity index (χ2v) is 9.80. The number of aromatic nitrogens is 2. The van der Waals surface area contributed by atoms with Crippen molar-refractivity contribution < 1.29 is 0 Å². The smallest absolute Gasteiger partial charge is 0.131 e. The Bertz CT molecular complexity index is 522. The fourth-order valence-corrected chi connectivity index (χ4v) is 5.71. The first-order valence-electron chi connectivity index (χ1n) is 12.6. The molecule has 1 heterocycles. The molecule has 0 spiro atoms. The zero-order valence-electron chi connectivity index (χ0n) is 18.7. The maximum absolute atomic E-state index is 4.83. The highest BCUT2D eigenvalue weighted by Crippen LogP contribution is 2.39. The largest absolute Gasteiger partial charge is 0.241 e. The molecule has 0 atom stereocenters. The van der Waals surface area contributed by atoms with Crippen LogP contribution < -0.4 is 0 Å². The maximum atomic E-state index is 4.83. The van der Waals surface area contributed by atoms with Crippen molar-refractivity contribution in [1.29, 1.82) is 0 Å². The Kier molecular flexibility index (Phi) is 9.28. The Morgan fingerprint density at radius 2 is 1.21 bits per heavy atom. The monoisotopic (exact) mass is 384 g/mol. The van der Waals surface area contributed by atoms with Gasteiger partial charge in [0, 0.05) is 18.3 Å². The third kappa shape index (κ3) is 6.56. The Morgan fingerprint density at radius 3 is 1.82 bits per heavy atom. The molecule has 3 rings (SSSR count). The molecule has 0 aromatic carbocycles. The van der Waals surface area contributed by atoms with E-state index in [9.17, 15) is 0 Å². The lowest BCUT2D eigenvalue weighted by Crippen LogP contribution is -2.16. The molecule has 0 unspecified atom stereocenters. The summed E-state index contributed by atoms with van der Waals surface area (Å²) >= 11 is 0. The van der Waals surface area contributed by atoms with E-state index >= 15 is 0 Å². The molecule has 0 amide bonds. The molecule has 2 fully saturated rings. The highest BCUT2D eigenvalue weighted by molar-refractivity contribution is 5.14. The quantitative estimate of drug-likeness (QED) is 0.380. The fraction of sp³-hybridized carbons (Fsp3) is 0.846. The molecule has 2 saturated carbocycles. The predicted molar refractivity (Wildman–Crippen MR) is 120 cm³/mol. The lowest BCUT2D eigenvalue weighted by Gasteiger charge is -2.29. The number of hydrogen-bond donors (Lipinski definition) is 0. The van der Waals surface area contributed by atoms with Gasteiger partial charge in [-0.2, -0.15) is 0 Å².